The van der Waals surface area contributed by atoms with Crippen LogP contribution < -0.4 is 14.8 Å². The lowest BCUT2D eigenvalue weighted by Crippen LogP contribution is -2.44. The first-order chi connectivity index (χ1) is 18.8. The van der Waals surface area contributed by atoms with Crippen molar-refractivity contribution in [3.63, 3.8) is 0 Å². The molecule has 0 bridgehead atoms. The van der Waals surface area contributed by atoms with E-state index in [4.69, 9.17) is 25.8 Å². The average molecular weight is 553 g/mol. The van der Waals surface area contributed by atoms with Crippen LogP contribution in [0.3, 0.4) is 0 Å². The molecule has 0 radical (unpaired) electrons. The summed E-state index contributed by atoms with van der Waals surface area (Å²) in [5.74, 6) is 0.660. The van der Waals surface area contributed by atoms with E-state index in [9.17, 15) is 9.59 Å². The van der Waals surface area contributed by atoms with Gasteiger partial charge >= 0.3 is 0 Å². The van der Waals surface area contributed by atoms with Crippen molar-refractivity contribution >= 4 is 23.4 Å². The lowest BCUT2D eigenvalue weighted by Gasteiger charge is -2.32. The van der Waals surface area contributed by atoms with Gasteiger partial charge in [0.2, 0.25) is 11.8 Å². The van der Waals surface area contributed by atoms with Gasteiger partial charge in [-0.05, 0) is 61.2 Å². The van der Waals surface area contributed by atoms with Crippen molar-refractivity contribution in [1.82, 2.24) is 10.2 Å². The number of amides is 2. The molecule has 208 valence electrons. The van der Waals surface area contributed by atoms with Gasteiger partial charge in [-0.25, -0.2) is 0 Å². The molecule has 2 amide bonds. The average Bonchev–Trinajstić information content (AvgIpc) is 2.93. The molecule has 3 aromatic rings. The molecular weight excluding hydrogens is 516 g/mol. The summed E-state index contributed by atoms with van der Waals surface area (Å²) in [6.45, 7) is 5.16. The smallest absolute Gasteiger partial charge is 0.247 e. The Morgan fingerprint density at radius 3 is 2.21 bits per heavy atom. The van der Waals surface area contributed by atoms with Crippen LogP contribution in [0.25, 0.3) is 0 Å². The molecule has 0 saturated heterocycles. The topological polar surface area (TPSA) is 77.1 Å². The Balaban J connectivity index is 1.92. The Morgan fingerprint density at radius 1 is 0.897 bits per heavy atom. The predicted molar refractivity (Wildman–Crippen MR) is 153 cm³/mol. The summed E-state index contributed by atoms with van der Waals surface area (Å²) < 4.78 is 16.4. The third-order valence-electron chi connectivity index (χ3n) is 6.14. The number of halogens is 1. The van der Waals surface area contributed by atoms with Gasteiger partial charge in [-0.2, -0.15) is 0 Å². The van der Waals surface area contributed by atoms with Crippen molar-refractivity contribution in [2.45, 2.75) is 45.4 Å². The van der Waals surface area contributed by atoms with Gasteiger partial charge < -0.3 is 24.4 Å². The van der Waals surface area contributed by atoms with Crippen LogP contribution in [0, 0.1) is 0 Å². The van der Waals surface area contributed by atoms with Crippen LogP contribution in [-0.2, 0) is 27.3 Å². The number of nitrogens with zero attached hydrogens (tertiary/aromatic N) is 1. The lowest BCUT2D eigenvalue weighted by atomic mass is 10.0. The maximum atomic E-state index is 13.9. The monoisotopic (exact) mass is 552 g/mol. The molecule has 0 aliphatic heterocycles. The van der Waals surface area contributed by atoms with Gasteiger partial charge in [0.25, 0.3) is 0 Å². The highest BCUT2D eigenvalue weighted by molar-refractivity contribution is 6.30. The molecule has 0 fully saturated rings. The largest absolute Gasteiger partial charge is 0.493 e. The fraction of sp³-hybridized carbons (Fsp3) is 0.355. The van der Waals surface area contributed by atoms with Crippen LogP contribution in [0.2, 0.25) is 5.02 Å². The third-order valence-corrected chi connectivity index (χ3v) is 6.39. The van der Waals surface area contributed by atoms with E-state index in [1.165, 1.54) is 0 Å². The number of hydrogen-bond acceptors (Lipinski definition) is 5. The van der Waals surface area contributed by atoms with Gasteiger partial charge in [0, 0.05) is 24.7 Å². The fourth-order valence-corrected chi connectivity index (χ4v) is 4.31. The van der Waals surface area contributed by atoms with Crippen molar-refractivity contribution in [1.29, 1.82) is 0 Å². The summed E-state index contributed by atoms with van der Waals surface area (Å²) in [5, 5.41) is 3.61. The highest BCUT2D eigenvalue weighted by Crippen LogP contribution is 2.29. The van der Waals surface area contributed by atoms with Crippen LogP contribution in [0.15, 0.2) is 72.8 Å². The molecule has 1 atom stereocenters. The molecule has 0 saturated carbocycles. The Kier molecular flexibility index (Phi) is 11.6. The van der Waals surface area contributed by atoms with E-state index in [1.807, 2.05) is 62.4 Å². The summed E-state index contributed by atoms with van der Waals surface area (Å²) in [4.78, 5) is 29.2. The summed E-state index contributed by atoms with van der Waals surface area (Å²) in [5.41, 5.74) is 2.33. The standard InChI is InChI=1S/C31H37ClN2O5/c1-22(2)39-18-8-17-33-31(36)30(25-9-6-5-7-10-25)34(21-23-11-14-26(32)15-12-23)29(35)20-24-13-16-27(37-3)28(19-24)38-4/h5-7,9-16,19,22,30H,8,17-18,20-21H2,1-4H3,(H,33,36)/t30-/m1/s1. The fourth-order valence-electron chi connectivity index (χ4n) is 4.18. The van der Waals surface area contributed by atoms with Crippen molar-refractivity contribution in [3.05, 3.63) is 94.5 Å². The lowest BCUT2D eigenvalue weighted by molar-refractivity contribution is -0.141. The molecule has 3 aromatic carbocycles. The molecule has 3 rings (SSSR count). The molecule has 39 heavy (non-hydrogen) atoms. The molecule has 0 spiro atoms. The minimum atomic E-state index is -0.833. The maximum Gasteiger partial charge on any atom is 0.247 e. The predicted octanol–water partition coefficient (Wildman–Crippen LogP) is 5.60. The number of methoxy groups -OCH3 is 2. The third kappa shape index (κ3) is 9.01. The molecule has 1 N–H and O–H groups in total. The second kappa shape index (κ2) is 15.1. The number of benzene rings is 3. The Labute approximate surface area is 236 Å². The van der Waals surface area contributed by atoms with Crippen molar-refractivity contribution in [2.24, 2.45) is 0 Å². The molecule has 8 heteroatoms. The molecule has 0 heterocycles. The van der Waals surface area contributed by atoms with Crippen LogP contribution in [0.4, 0.5) is 0 Å². The Morgan fingerprint density at radius 2 is 1.56 bits per heavy atom. The van der Waals surface area contributed by atoms with E-state index in [0.717, 1.165) is 16.7 Å². The number of carbonyl (C=O) groups excluding carboxylic acids is 2. The first-order valence-electron chi connectivity index (χ1n) is 13.0. The summed E-state index contributed by atoms with van der Waals surface area (Å²) in [6, 6.07) is 21.2. The molecule has 0 unspecified atom stereocenters. The number of hydrogen-bond donors (Lipinski definition) is 1. The molecular formula is C31H37ClN2O5. The van der Waals surface area contributed by atoms with Crippen molar-refractivity contribution < 1.29 is 23.8 Å². The zero-order valence-electron chi connectivity index (χ0n) is 23.0. The zero-order chi connectivity index (χ0) is 28.2. The van der Waals surface area contributed by atoms with Gasteiger partial charge in [0.1, 0.15) is 6.04 Å². The van der Waals surface area contributed by atoms with Crippen molar-refractivity contribution in [3.8, 4) is 11.5 Å². The molecule has 0 aliphatic carbocycles. The summed E-state index contributed by atoms with van der Waals surface area (Å²) in [6.07, 6.45) is 0.872. The van der Waals surface area contributed by atoms with Gasteiger partial charge in [-0.15, -0.1) is 0 Å². The first-order valence-corrected chi connectivity index (χ1v) is 13.4. The van der Waals surface area contributed by atoms with Gasteiger partial charge in [-0.1, -0.05) is 60.1 Å². The van der Waals surface area contributed by atoms with Crippen LogP contribution in [0.1, 0.15) is 43.0 Å². The summed E-state index contributed by atoms with van der Waals surface area (Å²) >= 11 is 6.11. The van der Waals surface area contributed by atoms with E-state index < -0.39 is 6.04 Å². The number of rotatable bonds is 14. The Bertz CT molecular complexity index is 1200. The minimum Gasteiger partial charge on any atom is -0.493 e. The number of carbonyl (C=O) groups is 2. The zero-order valence-corrected chi connectivity index (χ0v) is 23.7. The van der Waals surface area contributed by atoms with E-state index in [2.05, 4.69) is 5.32 Å². The molecule has 0 aromatic heterocycles. The normalized spacial score (nSPS) is 11.6. The van der Waals surface area contributed by atoms with E-state index in [1.54, 1.807) is 43.4 Å². The molecule has 0 aliphatic rings. The second-order valence-corrected chi connectivity index (χ2v) is 9.83. The van der Waals surface area contributed by atoms with Gasteiger partial charge in [-0.3, -0.25) is 9.59 Å². The van der Waals surface area contributed by atoms with E-state index >= 15 is 0 Å². The maximum absolute atomic E-state index is 13.9. The molecule has 7 nitrogen and oxygen atoms in total. The van der Waals surface area contributed by atoms with Crippen LogP contribution in [0.5, 0.6) is 11.5 Å². The number of nitrogens with one attached hydrogen (secondary N) is 1. The van der Waals surface area contributed by atoms with E-state index in [0.29, 0.717) is 36.1 Å². The van der Waals surface area contributed by atoms with E-state index in [-0.39, 0.29) is 30.9 Å². The van der Waals surface area contributed by atoms with Gasteiger partial charge in [0.05, 0.1) is 26.7 Å². The summed E-state index contributed by atoms with van der Waals surface area (Å²) in [7, 11) is 3.12. The number of ether oxygens (including phenoxy) is 3. The van der Waals surface area contributed by atoms with Crippen LogP contribution in [-0.4, -0.2) is 50.2 Å². The highest BCUT2D eigenvalue weighted by atomic mass is 35.5. The second-order valence-electron chi connectivity index (χ2n) is 9.39. The Hall–Kier alpha value is -3.55. The first kappa shape index (κ1) is 30.0. The quantitative estimate of drug-likeness (QED) is 0.263. The highest BCUT2D eigenvalue weighted by Gasteiger charge is 2.31. The SMILES string of the molecule is COc1ccc(CC(=O)N(Cc2ccc(Cl)cc2)[C@@H](C(=O)NCCCOC(C)C)c2ccccc2)cc1OC. The van der Waals surface area contributed by atoms with Gasteiger partial charge in [0.15, 0.2) is 11.5 Å². The minimum absolute atomic E-state index is 0.0762. The van der Waals surface area contributed by atoms with Crippen molar-refractivity contribution in [2.75, 3.05) is 27.4 Å². The van der Waals surface area contributed by atoms with Crippen LogP contribution >= 0.6 is 11.6 Å².